The van der Waals surface area contributed by atoms with E-state index >= 15 is 0 Å². The Hall–Kier alpha value is -3.85. The number of halogens is 2. The largest absolute Gasteiger partial charge is 0.323 e. The molecule has 9 heteroatoms. The Morgan fingerprint density at radius 1 is 1.06 bits per heavy atom. The smallest absolute Gasteiger partial charge is 0.271 e. The van der Waals surface area contributed by atoms with Crippen LogP contribution in [-0.4, -0.2) is 39.0 Å². The number of carbonyl (C=O) groups excluding carboxylic acids is 2. The third kappa shape index (κ3) is 4.66. The van der Waals surface area contributed by atoms with Gasteiger partial charge in [-0.15, -0.1) is 0 Å². The van der Waals surface area contributed by atoms with Gasteiger partial charge < -0.3 is 5.32 Å². The Bertz CT molecular complexity index is 1390. The van der Waals surface area contributed by atoms with Gasteiger partial charge in [0.25, 0.3) is 5.91 Å². The molecule has 0 aliphatic carbocycles. The number of rotatable bonds is 6. The van der Waals surface area contributed by atoms with Crippen molar-refractivity contribution in [3.63, 3.8) is 0 Å². The molecule has 2 aliphatic rings. The summed E-state index contributed by atoms with van der Waals surface area (Å²) in [5.41, 5.74) is 2.14. The minimum absolute atomic E-state index is 0.226. The van der Waals surface area contributed by atoms with Crippen LogP contribution < -0.4 is 5.32 Å². The average Bonchev–Trinajstić information content (AvgIpc) is 3.21. The quantitative estimate of drug-likeness (QED) is 0.493. The molecule has 3 aromatic rings. The van der Waals surface area contributed by atoms with Gasteiger partial charge in [-0.1, -0.05) is 61.2 Å². The first kappa shape index (κ1) is 23.9. The highest BCUT2D eigenvalue weighted by molar-refractivity contribution is 8.15. The average molecular weight is 505 g/mol. The second-order valence-electron chi connectivity index (χ2n) is 8.39. The van der Waals surface area contributed by atoms with Crippen LogP contribution in [0, 0.1) is 11.6 Å². The van der Waals surface area contributed by atoms with E-state index in [2.05, 4.69) is 10.3 Å². The van der Waals surface area contributed by atoms with Crippen molar-refractivity contribution in [2.24, 2.45) is 9.98 Å². The first-order valence-corrected chi connectivity index (χ1v) is 12.4. The summed E-state index contributed by atoms with van der Waals surface area (Å²) < 4.78 is 27.7. The predicted molar refractivity (Wildman–Crippen MR) is 138 cm³/mol. The Balaban J connectivity index is 1.46. The van der Waals surface area contributed by atoms with E-state index in [1.807, 2.05) is 61.5 Å². The number of para-hydroxylation sites is 1. The number of anilines is 1. The Morgan fingerprint density at radius 3 is 2.58 bits per heavy atom. The zero-order valence-electron chi connectivity index (χ0n) is 19.3. The lowest BCUT2D eigenvalue weighted by Gasteiger charge is -2.32. The number of amidine groups is 2. The van der Waals surface area contributed by atoms with Gasteiger partial charge in [0.2, 0.25) is 5.91 Å². The number of nitrogens with one attached hydrogen (secondary N) is 1. The summed E-state index contributed by atoms with van der Waals surface area (Å²) >= 11 is 1.17. The Labute approximate surface area is 211 Å². The monoisotopic (exact) mass is 504 g/mol. The normalized spacial score (nSPS) is 17.1. The molecule has 3 aromatic carbocycles. The van der Waals surface area contributed by atoms with Gasteiger partial charge in [-0.3, -0.25) is 14.5 Å². The summed E-state index contributed by atoms with van der Waals surface area (Å²) in [4.78, 5) is 37.1. The highest BCUT2D eigenvalue weighted by atomic mass is 32.2. The number of thioether (sulfide) groups is 1. The molecular weight excluding hydrogens is 482 g/mol. The van der Waals surface area contributed by atoms with E-state index in [9.17, 15) is 18.4 Å². The minimum Gasteiger partial charge on any atom is -0.323 e. The molecule has 0 fully saturated rings. The molecule has 1 N–H and O–H groups in total. The maximum Gasteiger partial charge on any atom is 0.271 e. The molecule has 2 heterocycles. The maximum atomic E-state index is 14.1. The predicted octanol–water partition coefficient (Wildman–Crippen LogP) is 5.32. The third-order valence-corrected chi connectivity index (χ3v) is 7.31. The molecule has 2 atom stereocenters. The molecule has 36 heavy (non-hydrogen) atoms. The Kier molecular flexibility index (Phi) is 6.65. The van der Waals surface area contributed by atoms with Crippen LogP contribution in [0.5, 0.6) is 0 Å². The number of nitrogens with zero attached hydrogens (tertiary/aromatic N) is 3. The SMILES string of the molecule is CCC(SC1=Nc2ccccc2C2=NC(=O)C(Cc3ccccc3)N12)C(=O)Nc1cc(F)ccc1F. The van der Waals surface area contributed by atoms with Crippen LogP contribution in [0.15, 0.2) is 82.8 Å². The Morgan fingerprint density at radius 2 is 1.81 bits per heavy atom. The second-order valence-corrected chi connectivity index (χ2v) is 9.56. The van der Waals surface area contributed by atoms with E-state index in [-0.39, 0.29) is 11.6 Å². The van der Waals surface area contributed by atoms with Crippen molar-refractivity contribution in [2.45, 2.75) is 31.1 Å². The zero-order chi connectivity index (χ0) is 25.2. The van der Waals surface area contributed by atoms with Crippen LogP contribution in [-0.2, 0) is 16.0 Å². The highest BCUT2D eigenvalue weighted by Crippen LogP contribution is 2.36. The number of hydrogen-bond donors (Lipinski definition) is 1. The number of aliphatic imine (C=N–C) groups is 2. The molecule has 182 valence electrons. The van der Waals surface area contributed by atoms with Gasteiger partial charge in [-0.2, -0.15) is 4.99 Å². The summed E-state index contributed by atoms with van der Waals surface area (Å²) in [5.74, 6) is -1.65. The van der Waals surface area contributed by atoms with Gasteiger partial charge in [-0.05, 0) is 36.2 Å². The molecule has 0 spiro atoms. The van der Waals surface area contributed by atoms with Gasteiger partial charge in [0.1, 0.15) is 23.5 Å². The highest BCUT2D eigenvalue weighted by Gasteiger charge is 2.42. The van der Waals surface area contributed by atoms with Crippen molar-refractivity contribution in [2.75, 3.05) is 5.32 Å². The fourth-order valence-corrected chi connectivity index (χ4v) is 5.24. The lowest BCUT2D eigenvalue weighted by Crippen LogP contribution is -2.45. The molecule has 0 saturated heterocycles. The van der Waals surface area contributed by atoms with Crippen molar-refractivity contribution >= 4 is 46.0 Å². The molecule has 5 rings (SSSR count). The van der Waals surface area contributed by atoms with E-state index in [0.717, 1.165) is 29.3 Å². The van der Waals surface area contributed by atoms with Crippen molar-refractivity contribution in [1.29, 1.82) is 0 Å². The first-order chi connectivity index (χ1) is 17.4. The summed E-state index contributed by atoms with van der Waals surface area (Å²) in [5, 5.41) is 2.27. The number of carbonyl (C=O) groups is 2. The second kappa shape index (κ2) is 10.0. The minimum atomic E-state index is -0.726. The summed E-state index contributed by atoms with van der Waals surface area (Å²) in [6, 6.07) is 19.3. The van der Waals surface area contributed by atoms with Crippen LogP contribution in [0.1, 0.15) is 24.5 Å². The number of amides is 2. The molecule has 2 aliphatic heterocycles. The molecule has 0 aromatic heterocycles. The number of benzene rings is 3. The van der Waals surface area contributed by atoms with Crippen molar-refractivity contribution in [3.8, 4) is 0 Å². The standard InChI is InChI=1S/C27H22F2N4O2S/c1-2-23(26(35)30-21-15-17(28)12-13-19(21)29)36-27-31-20-11-7-6-10-18(20)24-32-25(34)22(33(24)27)14-16-8-4-3-5-9-16/h3-13,15,22-23H,2,14H2,1H3,(H,30,35). The van der Waals surface area contributed by atoms with Crippen molar-refractivity contribution in [1.82, 2.24) is 4.90 Å². The van der Waals surface area contributed by atoms with Crippen molar-refractivity contribution in [3.05, 3.63) is 95.6 Å². The van der Waals surface area contributed by atoms with Crippen LogP contribution in [0.2, 0.25) is 0 Å². The fourth-order valence-electron chi connectivity index (χ4n) is 4.18. The van der Waals surface area contributed by atoms with Crippen LogP contribution in [0.25, 0.3) is 0 Å². The van der Waals surface area contributed by atoms with E-state index in [1.165, 1.54) is 11.8 Å². The molecule has 6 nitrogen and oxygen atoms in total. The van der Waals surface area contributed by atoms with Gasteiger partial charge >= 0.3 is 0 Å². The number of fused-ring (bicyclic) bond motifs is 3. The maximum absolute atomic E-state index is 14.1. The van der Waals surface area contributed by atoms with Crippen LogP contribution in [0.3, 0.4) is 0 Å². The molecule has 2 unspecified atom stereocenters. The summed E-state index contributed by atoms with van der Waals surface area (Å²) in [6.45, 7) is 1.82. The van der Waals surface area contributed by atoms with E-state index in [0.29, 0.717) is 29.5 Å². The zero-order valence-corrected chi connectivity index (χ0v) is 20.1. The van der Waals surface area contributed by atoms with Gasteiger partial charge in [0.15, 0.2) is 5.17 Å². The molecule has 0 bridgehead atoms. The van der Waals surface area contributed by atoms with E-state index in [4.69, 9.17) is 4.99 Å². The number of hydrogen-bond acceptors (Lipinski definition) is 5. The first-order valence-electron chi connectivity index (χ1n) is 11.5. The van der Waals surface area contributed by atoms with Crippen LogP contribution in [0.4, 0.5) is 20.2 Å². The van der Waals surface area contributed by atoms with E-state index < -0.39 is 28.8 Å². The molecule has 0 saturated carbocycles. The van der Waals surface area contributed by atoms with E-state index in [1.54, 1.807) is 4.90 Å². The molecule has 0 radical (unpaired) electrons. The lowest BCUT2D eigenvalue weighted by atomic mass is 10.0. The topological polar surface area (TPSA) is 74.1 Å². The van der Waals surface area contributed by atoms with Crippen LogP contribution >= 0.6 is 11.8 Å². The molecular formula is C27H22F2N4O2S. The van der Waals surface area contributed by atoms with Crippen molar-refractivity contribution < 1.29 is 18.4 Å². The van der Waals surface area contributed by atoms with Gasteiger partial charge in [0, 0.05) is 18.1 Å². The fraction of sp³-hybridized carbons (Fsp3) is 0.185. The van der Waals surface area contributed by atoms with Gasteiger partial charge in [-0.25, -0.2) is 13.8 Å². The summed E-state index contributed by atoms with van der Waals surface area (Å²) in [6.07, 6.45) is 0.817. The van der Waals surface area contributed by atoms with Gasteiger partial charge in [0.05, 0.1) is 16.6 Å². The summed E-state index contributed by atoms with van der Waals surface area (Å²) in [7, 11) is 0. The third-order valence-electron chi connectivity index (χ3n) is 5.98. The molecule has 2 amide bonds. The lowest BCUT2D eigenvalue weighted by molar-refractivity contribution is -0.119.